The van der Waals surface area contributed by atoms with Crippen molar-refractivity contribution in [3.8, 4) is 17.1 Å². The number of hydrogen-bond donors (Lipinski definition) is 0. The minimum Gasteiger partial charge on any atom is -0.293 e. The standard InChI is InChI=1S/C23H18ClN3OS/c1-16-12-13-18(14-20(16)24)22-25-26-23(27(22)19-10-6-3-7-11-19)29-15-21(28)17-8-4-2-5-9-17/h2-14H,15H2,1H3. The van der Waals surface area contributed by atoms with Gasteiger partial charge in [0.05, 0.1) is 5.75 Å². The molecule has 1 heterocycles. The highest BCUT2D eigenvalue weighted by Crippen LogP contribution is 2.30. The summed E-state index contributed by atoms with van der Waals surface area (Å²) in [6.07, 6.45) is 0. The SMILES string of the molecule is Cc1ccc(-c2nnc(SCC(=O)c3ccccc3)n2-c2ccccc2)cc1Cl. The first-order valence-electron chi connectivity index (χ1n) is 9.12. The summed E-state index contributed by atoms with van der Waals surface area (Å²) in [6.45, 7) is 1.96. The van der Waals surface area contributed by atoms with Crippen LogP contribution in [0.15, 0.2) is 84.0 Å². The largest absolute Gasteiger partial charge is 0.293 e. The molecule has 0 aliphatic heterocycles. The Kier molecular flexibility index (Phi) is 5.79. The summed E-state index contributed by atoms with van der Waals surface area (Å²) >= 11 is 7.71. The fourth-order valence-corrected chi connectivity index (χ4v) is 3.96. The Morgan fingerprint density at radius 2 is 1.66 bits per heavy atom. The lowest BCUT2D eigenvalue weighted by Crippen LogP contribution is -2.04. The van der Waals surface area contributed by atoms with Crippen LogP contribution in [0.1, 0.15) is 15.9 Å². The highest BCUT2D eigenvalue weighted by Gasteiger charge is 2.18. The number of halogens is 1. The van der Waals surface area contributed by atoms with E-state index < -0.39 is 0 Å². The van der Waals surface area contributed by atoms with E-state index in [0.717, 1.165) is 16.8 Å². The van der Waals surface area contributed by atoms with Gasteiger partial charge in [-0.25, -0.2) is 0 Å². The number of thioether (sulfide) groups is 1. The number of carbonyl (C=O) groups excluding carboxylic acids is 1. The van der Waals surface area contributed by atoms with Crippen molar-refractivity contribution in [1.29, 1.82) is 0 Å². The van der Waals surface area contributed by atoms with E-state index in [1.807, 2.05) is 90.4 Å². The van der Waals surface area contributed by atoms with E-state index >= 15 is 0 Å². The molecule has 0 atom stereocenters. The third kappa shape index (κ3) is 4.26. The maximum atomic E-state index is 12.5. The van der Waals surface area contributed by atoms with Crippen LogP contribution in [0.5, 0.6) is 0 Å². The number of ketones is 1. The lowest BCUT2D eigenvalue weighted by atomic mass is 10.1. The Morgan fingerprint density at radius 1 is 0.966 bits per heavy atom. The number of nitrogens with zero attached hydrogens (tertiary/aromatic N) is 3. The third-order valence-corrected chi connectivity index (χ3v) is 5.84. The van der Waals surface area contributed by atoms with E-state index in [-0.39, 0.29) is 11.5 Å². The minimum absolute atomic E-state index is 0.0538. The third-order valence-electron chi connectivity index (χ3n) is 4.51. The zero-order valence-electron chi connectivity index (χ0n) is 15.7. The van der Waals surface area contributed by atoms with Crippen LogP contribution < -0.4 is 0 Å². The molecule has 4 aromatic rings. The summed E-state index contributed by atoms with van der Waals surface area (Å²) in [5.74, 6) is 1.02. The first-order chi connectivity index (χ1) is 14.1. The summed E-state index contributed by atoms with van der Waals surface area (Å²) in [5.41, 5.74) is 3.50. The summed E-state index contributed by atoms with van der Waals surface area (Å²) in [4.78, 5) is 12.5. The van der Waals surface area contributed by atoms with Crippen LogP contribution in [0.25, 0.3) is 17.1 Å². The van der Waals surface area contributed by atoms with Gasteiger partial charge in [0.15, 0.2) is 16.8 Å². The van der Waals surface area contributed by atoms with Gasteiger partial charge in [-0.3, -0.25) is 9.36 Å². The molecule has 6 heteroatoms. The highest BCUT2D eigenvalue weighted by molar-refractivity contribution is 7.99. The normalized spacial score (nSPS) is 10.8. The number of Topliss-reactive ketones (excluding diaryl/α,β-unsaturated/α-hetero) is 1. The van der Waals surface area contributed by atoms with E-state index in [4.69, 9.17) is 11.6 Å². The lowest BCUT2D eigenvalue weighted by Gasteiger charge is -2.11. The molecule has 4 nitrogen and oxygen atoms in total. The molecule has 0 aliphatic rings. The summed E-state index contributed by atoms with van der Waals surface area (Å²) < 4.78 is 1.96. The van der Waals surface area contributed by atoms with E-state index in [1.165, 1.54) is 11.8 Å². The molecule has 0 saturated carbocycles. The van der Waals surface area contributed by atoms with Gasteiger partial charge < -0.3 is 0 Å². The zero-order chi connectivity index (χ0) is 20.2. The zero-order valence-corrected chi connectivity index (χ0v) is 17.3. The number of aryl methyl sites for hydroxylation is 1. The van der Waals surface area contributed by atoms with Gasteiger partial charge in [-0.1, -0.05) is 84.0 Å². The van der Waals surface area contributed by atoms with Crippen LogP contribution in [0.3, 0.4) is 0 Å². The van der Waals surface area contributed by atoms with E-state index in [0.29, 0.717) is 21.6 Å². The molecule has 0 bridgehead atoms. The molecule has 0 unspecified atom stereocenters. The maximum Gasteiger partial charge on any atom is 0.196 e. The first kappa shape index (κ1) is 19.4. The van der Waals surface area contributed by atoms with Crippen molar-refractivity contribution in [3.63, 3.8) is 0 Å². The van der Waals surface area contributed by atoms with Gasteiger partial charge in [-0.15, -0.1) is 10.2 Å². The van der Waals surface area contributed by atoms with Gasteiger partial charge in [-0.2, -0.15) is 0 Å². The Bertz CT molecular complexity index is 1140. The minimum atomic E-state index is 0.0538. The topological polar surface area (TPSA) is 47.8 Å². The second kappa shape index (κ2) is 8.64. The monoisotopic (exact) mass is 419 g/mol. The van der Waals surface area contributed by atoms with Crippen molar-refractivity contribution < 1.29 is 4.79 Å². The Balaban J connectivity index is 1.70. The second-order valence-corrected chi connectivity index (χ2v) is 7.87. The number of para-hydroxylation sites is 1. The Labute approximate surface area is 178 Å². The molecule has 144 valence electrons. The average molecular weight is 420 g/mol. The number of carbonyl (C=O) groups is 1. The number of benzene rings is 3. The molecule has 4 rings (SSSR count). The van der Waals surface area contributed by atoms with Crippen LogP contribution in [0.2, 0.25) is 5.02 Å². The molecule has 0 N–H and O–H groups in total. The molecule has 0 spiro atoms. The molecule has 0 fully saturated rings. The molecule has 0 radical (unpaired) electrons. The van der Waals surface area contributed by atoms with Gasteiger partial charge >= 0.3 is 0 Å². The van der Waals surface area contributed by atoms with Gasteiger partial charge in [-0.05, 0) is 30.7 Å². The Morgan fingerprint density at radius 3 is 2.34 bits per heavy atom. The fraction of sp³-hybridized carbons (Fsp3) is 0.0870. The van der Waals surface area contributed by atoms with Gasteiger partial charge in [0.25, 0.3) is 0 Å². The molecular weight excluding hydrogens is 402 g/mol. The van der Waals surface area contributed by atoms with Crippen molar-refractivity contribution in [3.05, 3.63) is 95.0 Å². The van der Waals surface area contributed by atoms with E-state index in [1.54, 1.807) is 0 Å². The van der Waals surface area contributed by atoms with Crippen molar-refractivity contribution in [2.45, 2.75) is 12.1 Å². The summed E-state index contributed by atoms with van der Waals surface area (Å²) in [7, 11) is 0. The first-order valence-corrected chi connectivity index (χ1v) is 10.5. The summed E-state index contributed by atoms with van der Waals surface area (Å²) in [6, 6.07) is 25.0. The van der Waals surface area contributed by atoms with Crippen LogP contribution in [0, 0.1) is 6.92 Å². The van der Waals surface area contributed by atoms with Crippen LogP contribution in [-0.4, -0.2) is 26.3 Å². The van der Waals surface area contributed by atoms with Gasteiger partial charge in [0, 0.05) is 21.8 Å². The predicted octanol–water partition coefficient (Wildman–Crippen LogP) is 5.87. The van der Waals surface area contributed by atoms with E-state index in [2.05, 4.69) is 10.2 Å². The number of hydrogen-bond acceptors (Lipinski definition) is 4. The molecule has 0 aliphatic carbocycles. The molecule has 0 amide bonds. The fourth-order valence-electron chi connectivity index (χ4n) is 2.93. The molecule has 0 saturated heterocycles. The maximum absolute atomic E-state index is 12.5. The molecular formula is C23H18ClN3OS. The van der Waals surface area contributed by atoms with Gasteiger partial charge in [0.1, 0.15) is 0 Å². The average Bonchev–Trinajstić information content (AvgIpc) is 3.19. The lowest BCUT2D eigenvalue weighted by molar-refractivity contribution is 0.102. The Hall–Kier alpha value is -2.89. The summed E-state index contributed by atoms with van der Waals surface area (Å²) in [5, 5.41) is 10.1. The van der Waals surface area contributed by atoms with Crippen molar-refractivity contribution in [2.24, 2.45) is 0 Å². The highest BCUT2D eigenvalue weighted by atomic mass is 35.5. The quantitative estimate of drug-likeness (QED) is 0.289. The van der Waals surface area contributed by atoms with Crippen LogP contribution in [0.4, 0.5) is 0 Å². The van der Waals surface area contributed by atoms with E-state index in [9.17, 15) is 4.79 Å². The molecule has 3 aromatic carbocycles. The van der Waals surface area contributed by atoms with Crippen LogP contribution >= 0.6 is 23.4 Å². The molecule has 29 heavy (non-hydrogen) atoms. The van der Waals surface area contributed by atoms with Crippen molar-refractivity contribution >= 4 is 29.1 Å². The second-order valence-electron chi connectivity index (χ2n) is 6.52. The van der Waals surface area contributed by atoms with Crippen molar-refractivity contribution in [2.75, 3.05) is 5.75 Å². The molecule has 1 aromatic heterocycles. The smallest absolute Gasteiger partial charge is 0.196 e. The number of aromatic nitrogens is 3. The van der Waals surface area contributed by atoms with Gasteiger partial charge in [0.2, 0.25) is 0 Å². The van der Waals surface area contributed by atoms with Crippen LogP contribution in [-0.2, 0) is 0 Å². The number of rotatable bonds is 6. The van der Waals surface area contributed by atoms with Crippen molar-refractivity contribution in [1.82, 2.24) is 14.8 Å². The predicted molar refractivity (Wildman–Crippen MR) is 118 cm³/mol.